The average Bonchev–Trinajstić information content (AvgIpc) is 2.38. The highest BCUT2D eigenvalue weighted by Crippen LogP contribution is 2.14. The minimum atomic E-state index is -3.76. The van der Waals surface area contributed by atoms with E-state index in [1.807, 2.05) is 13.8 Å². The molecule has 1 aromatic rings. The summed E-state index contributed by atoms with van der Waals surface area (Å²) in [4.78, 5) is 12.0. The van der Waals surface area contributed by atoms with Crippen LogP contribution in [0.1, 0.15) is 25.8 Å². The number of ether oxygens (including phenoxy) is 1. The summed E-state index contributed by atoms with van der Waals surface area (Å²) in [5.74, 6) is -0.570. The molecule has 1 N–H and O–H groups in total. The second-order valence-corrected chi connectivity index (χ2v) is 8.03. The topological polar surface area (TPSA) is 72.5 Å². The first-order valence-corrected chi connectivity index (χ1v) is 9.06. The molecule has 1 rings (SSSR count). The fraction of sp³-hybridized carbons (Fsp3) is 0.500. The standard InChI is InChI=1S/C14H20BrNO4S/c1-4-20-14(17)13(9-11(3)15)16-21(18,19)12-7-5-10(2)6-8-12/h5-8,11,13,16H,4,9H2,1-3H3/t11?,13-/m0/s1. The van der Waals surface area contributed by atoms with Crippen molar-refractivity contribution in [2.45, 2.75) is 43.0 Å². The van der Waals surface area contributed by atoms with E-state index in [0.29, 0.717) is 6.42 Å². The average molecular weight is 378 g/mol. The van der Waals surface area contributed by atoms with Gasteiger partial charge in [-0.05, 0) is 32.4 Å². The van der Waals surface area contributed by atoms with Gasteiger partial charge in [0.25, 0.3) is 0 Å². The molecule has 0 heterocycles. The number of sulfonamides is 1. The number of carbonyl (C=O) groups is 1. The molecule has 0 aliphatic carbocycles. The van der Waals surface area contributed by atoms with Crippen LogP contribution in [0.5, 0.6) is 0 Å². The summed E-state index contributed by atoms with van der Waals surface area (Å²) in [6.07, 6.45) is 0.309. The van der Waals surface area contributed by atoms with E-state index in [1.54, 1.807) is 19.1 Å². The molecule has 0 saturated carbocycles. The third kappa shape index (κ3) is 5.76. The first-order chi connectivity index (χ1) is 9.76. The Labute approximate surface area is 134 Å². The molecule has 118 valence electrons. The van der Waals surface area contributed by atoms with Crippen molar-refractivity contribution < 1.29 is 17.9 Å². The van der Waals surface area contributed by atoms with Gasteiger partial charge in [-0.1, -0.05) is 40.5 Å². The van der Waals surface area contributed by atoms with Crippen LogP contribution in [0.2, 0.25) is 0 Å². The Morgan fingerprint density at radius 3 is 2.38 bits per heavy atom. The number of alkyl halides is 1. The summed E-state index contributed by atoms with van der Waals surface area (Å²) in [7, 11) is -3.76. The number of nitrogens with one attached hydrogen (secondary N) is 1. The van der Waals surface area contributed by atoms with E-state index in [9.17, 15) is 13.2 Å². The molecule has 0 aromatic heterocycles. The van der Waals surface area contributed by atoms with E-state index < -0.39 is 22.0 Å². The monoisotopic (exact) mass is 377 g/mol. The summed E-state index contributed by atoms with van der Waals surface area (Å²) in [5, 5.41) is 0. The Balaban J connectivity index is 2.95. The third-order valence-corrected chi connectivity index (χ3v) is 4.62. The van der Waals surface area contributed by atoms with Gasteiger partial charge >= 0.3 is 5.97 Å². The zero-order chi connectivity index (χ0) is 16.0. The van der Waals surface area contributed by atoms with Gasteiger partial charge in [-0.3, -0.25) is 4.79 Å². The van der Waals surface area contributed by atoms with Gasteiger partial charge < -0.3 is 4.74 Å². The van der Waals surface area contributed by atoms with Gasteiger partial charge in [0, 0.05) is 4.83 Å². The summed E-state index contributed by atoms with van der Waals surface area (Å²) >= 11 is 3.33. The van der Waals surface area contributed by atoms with Crippen LogP contribution in [-0.2, 0) is 19.6 Å². The maximum absolute atomic E-state index is 12.3. The molecule has 0 spiro atoms. The molecule has 0 aliphatic rings. The van der Waals surface area contributed by atoms with Gasteiger partial charge in [-0.2, -0.15) is 4.72 Å². The van der Waals surface area contributed by atoms with Crippen LogP contribution in [0.25, 0.3) is 0 Å². The SMILES string of the molecule is CCOC(=O)[C@H](CC(C)Br)NS(=O)(=O)c1ccc(C)cc1. The Hall–Kier alpha value is -0.920. The van der Waals surface area contributed by atoms with Crippen molar-refractivity contribution in [2.24, 2.45) is 0 Å². The summed E-state index contributed by atoms with van der Waals surface area (Å²) < 4.78 is 32.0. The number of aryl methyl sites for hydroxylation is 1. The highest BCUT2D eigenvalue weighted by molar-refractivity contribution is 9.09. The number of halogens is 1. The van der Waals surface area contributed by atoms with E-state index >= 15 is 0 Å². The van der Waals surface area contributed by atoms with Crippen molar-refractivity contribution in [3.63, 3.8) is 0 Å². The van der Waals surface area contributed by atoms with E-state index in [-0.39, 0.29) is 16.3 Å². The number of benzene rings is 1. The highest BCUT2D eigenvalue weighted by atomic mass is 79.9. The second-order valence-electron chi connectivity index (χ2n) is 4.76. The van der Waals surface area contributed by atoms with Crippen molar-refractivity contribution in [2.75, 3.05) is 6.61 Å². The van der Waals surface area contributed by atoms with Crippen molar-refractivity contribution in [1.82, 2.24) is 4.72 Å². The Kier molecular flexibility index (Phi) is 6.83. The smallest absolute Gasteiger partial charge is 0.324 e. The molecule has 21 heavy (non-hydrogen) atoms. The maximum atomic E-state index is 12.3. The van der Waals surface area contributed by atoms with Crippen LogP contribution in [-0.4, -0.2) is 31.9 Å². The Morgan fingerprint density at radius 1 is 1.33 bits per heavy atom. The van der Waals surface area contributed by atoms with Crippen LogP contribution in [0, 0.1) is 6.92 Å². The predicted molar refractivity (Wildman–Crippen MR) is 84.9 cm³/mol. The van der Waals surface area contributed by atoms with Crippen molar-refractivity contribution in [3.8, 4) is 0 Å². The van der Waals surface area contributed by atoms with Gasteiger partial charge in [0.1, 0.15) is 6.04 Å². The highest BCUT2D eigenvalue weighted by Gasteiger charge is 2.27. The molecule has 7 heteroatoms. The molecule has 0 amide bonds. The minimum absolute atomic E-state index is 0.0207. The molecular formula is C14H20BrNO4S. The first-order valence-electron chi connectivity index (χ1n) is 6.66. The normalized spacial score (nSPS) is 14.5. The Bertz CT molecular complexity index is 569. The number of esters is 1. The van der Waals surface area contributed by atoms with Crippen molar-refractivity contribution in [1.29, 1.82) is 0 Å². The molecule has 0 radical (unpaired) electrons. The lowest BCUT2D eigenvalue weighted by Crippen LogP contribution is -2.43. The summed E-state index contributed by atoms with van der Waals surface area (Å²) in [6, 6.07) is 5.53. The molecule has 0 bridgehead atoms. The molecule has 0 fully saturated rings. The molecule has 2 atom stereocenters. The van der Waals surface area contributed by atoms with Gasteiger partial charge in [-0.25, -0.2) is 8.42 Å². The maximum Gasteiger partial charge on any atom is 0.324 e. The molecule has 0 saturated heterocycles. The van der Waals surface area contributed by atoms with Crippen molar-refractivity contribution in [3.05, 3.63) is 29.8 Å². The molecule has 5 nitrogen and oxygen atoms in total. The second kappa shape index (κ2) is 7.91. The lowest BCUT2D eigenvalue weighted by atomic mass is 10.2. The largest absolute Gasteiger partial charge is 0.465 e. The van der Waals surface area contributed by atoms with E-state index in [1.165, 1.54) is 12.1 Å². The number of rotatable bonds is 7. The van der Waals surface area contributed by atoms with Gasteiger partial charge in [0.05, 0.1) is 11.5 Å². The molecular weight excluding hydrogens is 358 g/mol. The van der Waals surface area contributed by atoms with Crippen LogP contribution in [0.15, 0.2) is 29.2 Å². The van der Waals surface area contributed by atoms with Gasteiger partial charge in [-0.15, -0.1) is 0 Å². The molecule has 1 unspecified atom stereocenters. The van der Waals surface area contributed by atoms with Crippen LogP contribution < -0.4 is 4.72 Å². The number of hydrogen-bond acceptors (Lipinski definition) is 4. The fourth-order valence-corrected chi connectivity index (χ4v) is 3.30. The van der Waals surface area contributed by atoms with Crippen LogP contribution in [0.4, 0.5) is 0 Å². The number of carbonyl (C=O) groups excluding carboxylic acids is 1. The van der Waals surface area contributed by atoms with E-state index in [4.69, 9.17) is 4.74 Å². The third-order valence-electron chi connectivity index (χ3n) is 2.76. The summed E-state index contributed by atoms with van der Waals surface area (Å²) in [6.45, 7) is 5.60. The molecule has 0 aliphatic heterocycles. The zero-order valence-corrected chi connectivity index (χ0v) is 14.7. The zero-order valence-electron chi connectivity index (χ0n) is 12.3. The van der Waals surface area contributed by atoms with E-state index in [0.717, 1.165) is 5.56 Å². The van der Waals surface area contributed by atoms with Crippen LogP contribution in [0.3, 0.4) is 0 Å². The first kappa shape index (κ1) is 18.1. The quantitative estimate of drug-likeness (QED) is 0.584. The van der Waals surface area contributed by atoms with Crippen LogP contribution >= 0.6 is 15.9 Å². The van der Waals surface area contributed by atoms with E-state index in [2.05, 4.69) is 20.7 Å². The predicted octanol–water partition coefficient (Wildman–Crippen LogP) is 2.38. The van der Waals surface area contributed by atoms with Crippen molar-refractivity contribution >= 4 is 31.9 Å². The lowest BCUT2D eigenvalue weighted by Gasteiger charge is -2.18. The summed E-state index contributed by atoms with van der Waals surface area (Å²) in [5.41, 5.74) is 0.963. The van der Waals surface area contributed by atoms with Gasteiger partial charge in [0.2, 0.25) is 10.0 Å². The number of hydrogen-bond donors (Lipinski definition) is 1. The Morgan fingerprint density at radius 2 is 1.90 bits per heavy atom. The fourth-order valence-electron chi connectivity index (χ4n) is 1.73. The van der Waals surface area contributed by atoms with Gasteiger partial charge in [0.15, 0.2) is 0 Å². The minimum Gasteiger partial charge on any atom is -0.465 e. The lowest BCUT2D eigenvalue weighted by molar-refractivity contribution is -0.145. The molecule has 1 aromatic carbocycles.